The van der Waals surface area contributed by atoms with Gasteiger partial charge in [-0.05, 0) is 38.5 Å². The Morgan fingerprint density at radius 3 is 2.48 bits per heavy atom. The lowest BCUT2D eigenvalue weighted by molar-refractivity contribution is -0.137. The van der Waals surface area contributed by atoms with Crippen LogP contribution in [0.25, 0.3) is 0 Å². The summed E-state index contributed by atoms with van der Waals surface area (Å²) in [4.78, 5) is 48.5. The first kappa shape index (κ1) is 18.4. The first-order chi connectivity index (χ1) is 11.6. The molecule has 134 valence electrons. The summed E-state index contributed by atoms with van der Waals surface area (Å²) < 4.78 is 0. The monoisotopic (exact) mass is 347 g/mol. The predicted octanol–water partition coefficient (Wildman–Crippen LogP) is 1.07. The van der Waals surface area contributed by atoms with Crippen molar-refractivity contribution < 1.29 is 24.3 Å². The maximum absolute atomic E-state index is 12.8. The molecule has 1 saturated heterocycles. The van der Waals surface area contributed by atoms with E-state index in [2.05, 4.69) is 10.6 Å². The smallest absolute Gasteiger partial charge is 0.322 e. The Bertz CT molecular complexity index is 731. The Labute approximate surface area is 145 Å². The summed E-state index contributed by atoms with van der Waals surface area (Å²) in [7, 11) is 0. The van der Waals surface area contributed by atoms with Crippen molar-refractivity contribution in [1.29, 1.82) is 0 Å². The summed E-state index contributed by atoms with van der Waals surface area (Å²) in [6.07, 6.45) is -0.153. The number of benzene rings is 1. The standard InChI is InChI=1S/C17H21N3O5/c1-10(2)20(8-7-13(21)22)14(23)11-5-4-6-12(9-11)17(3)15(24)18-16(25)19-17/h4-6,9-10H,7-8H2,1-3H3,(H,21,22)(H2,18,19,24,25). The third kappa shape index (κ3) is 3.78. The zero-order valence-electron chi connectivity index (χ0n) is 14.3. The molecule has 1 heterocycles. The van der Waals surface area contributed by atoms with Crippen molar-refractivity contribution in [2.75, 3.05) is 6.54 Å². The number of rotatable bonds is 6. The summed E-state index contributed by atoms with van der Waals surface area (Å²) >= 11 is 0. The molecular formula is C17H21N3O5. The van der Waals surface area contributed by atoms with Crippen LogP contribution in [0.15, 0.2) is 24.3 Å². The predicted molar refractivity (Wildman–Crippen MR) is 88.9 cm³/mol. The molecule has 1 aromatic carbocycles. The molecule has 0 spiro atoms. The SMILES string of the molecule is CC(C)N(CCC(=O)O)C(=O)c1cccc(C2(C)NC(=O)NC2=O)c1. The lowest BCUT2D eigenvalue weighted by atomic mass is 9.91. The first-order valence-electron chi connectivity index (χ1n) is 7.92. The number of nitrogens with one attached hydrogen (secondary N) is 2. The van der Waals surface area contributed by atoms with Crippen LogP contribution in [0.1, 0.15) is 43.1 Å². The Hall–Kier alpha value is -2.90. The van der Waals surface area contributed by atoms with Gasteiger partial charge in [-0.3, -0.25) is 19.7 Å². The topological polar surface area (TPSA) is 116 Å². The highest BCUT2D eigenvalue weighted by Gasteiger charge is 2.43. The van der Waals surface area contributed by atoms with Crippen molar-refractivity contribution in [2.45, 2.75) is 38.8 Å². The lowest BCUT2D eigenvalue weighted by Crippen LogP contribution is -2.41. The Morgan fingerprint density at radius 1 is 1.28 bits per heavy atom. The highest BCUT2D eigenvalue weighted by Crippen LogP contribution is 2.25. The van der Waals surface area contributed by atoms with E-state index in [4.69, 9.17) is 5.11 Å². The molecule has 8 heteroatoms. The number of amides is 4. The largest absolute Gasteiger partial charge is 0.481 e. The molecule has 1 unspecified atom stereocenters. The Morgan fingerprint density at radius 2 is 1.96 bits per heavy atom. The number of carbonyl (C=O) groups excluding carboxylic acids is 3. The van der Waals surface area contributed by atoms with Crippen LogP contribution in [0, 0.1) is 0 Å². The van der Waals surface area contributed by atoms with Gasteiger partial charge in [0.15, 0.2) is 0 Å². The van der Waals surface area contributed by atoms with Gasteiger partial charge in [-0.1, -0.05) is 12.1 Å². The number of hydrogen-bond acceptors (Lipinski definition) is 4. The average Bonchev–Trinajstić information content (AvgIpc) is 2.80. The van der Waals surface area contributed by atoms with Crippen LogP contribution in [0.3, 0.4) is 0 Å². The van der Waals surface area contributed by atoms with Crippen molar-refractivity contribution in [3.8, 4) is 0 Å². The number of urea groups is 1. The molecule has 0 bridgehead atoms. The molecular weight excluding hydrogens is 326 g/mol. The van der Waals surface area contributed by atoms with E-state index >= 15 is 0 Å². The van der Waals surface area contributed by atoms with Crippen LogP contribution < -0.4 is 10.6 Å². The molecule has 3 N–H and O–H groups in total. The quantitative estimate of drug-likeness (QED) is 0.666. The molecule has 2 rings (SSSR count). The molecule has 1 aliphatic heterocycles. The van der Waals surface area contributed by atoms with Gasteiger partial charge in [0.2, 0.25) is 0 Å². The molecule has 1 aliphatic rings. The van der Waals surface area contributed by atoms with Gasteiger partial charge in [0.1, 0.15) is 5.54 Å². The second kappa shape index (κ2) is 6.92. The number of aliphatic carboxylic acids is 1. The van der Waals surface area contributed by atoms with E-state index in [-0.39, 0.29) is 24.9 Å². The molecule has 0 saturated carbocycles. The van der Waals surface area contributed by atoms with Crippen LogP contribution in [-0.2, 0) is 15.1 Å². The van der Waals surface area contributed by atoms with Crippen molar-refractivity contribution >= 4 is 23.8 Å². The lowest BCUT2D eigenvalue weighted by Gasteiger charge is -2.27. The van der Waals surface area contributed by atoms with Crippen molar-refractivity contribution in [3.63, 3.8) is 0 Å². The van der Waals surface area contributed by atoms with Crippen LogP contribution in [0.4, 0.5) is 4.79 Å². The van der Waals surface area contributed by atoms with E-state index in [0.717, 1.165) is 0 Å². The van der Waals surface area contributed by atoms with E-state index in [9.17, 15) is 19.2 Å². The van der Waals surface area contributed by atoms with Crippen LogP contribution >= 0.6 is 0 Å². The van der Waals surface area contributed by atoms with Crippen LogP contribution in [0.2, 0.25) is 0 Å². The number of carbonyl (C=O) groups is 4. The fourth-order valence-electron chi connectivity index (χ4n) is 2.69. The van der Waals surface area contributed by atoms with Gasteiger partial charge in [0.25, 0.3) is 11.8 Å². The van der Waals surface area contributed by atoms with Crippen molar-refractivity contribution in [1.82, 2.24) is 15.5 Å². The zero-order valence-corrected chi connectivity index (χ0v) is 14.3. The van der Waals surface area contributed by atoms with Crippen molar-refractivity contribution in [3.05, 3.63) is 35.4 Å². The summed E-state index contributed by atoms with van der Waals surface area (Å²) in [5, 5.41) is 13.6. The number of carboxylic acids is 1. The minimum Gasteiger partial charge on any atom is -0.481 e. The summed E-state index contributed by atoms with van der Waals surface area (Å²) in [6.45, 7) is 5.25. The van der Waals surface area contributed by atoms with Gasteiger partial charge in [-0.15, -0.1) is 0 Å². The maximum atomic E-state index is 12.8. The minimum atomic E-state index is -1.25. The zero-order chi connectivity index (χ0) is 18.8. The molecule has 4 amide bonds. The van der Waals surface area contributed by atoms with E-state index in [0.29, 0.717) is 11.1 Å². The molecule has 0 aliphatic carbocycles. The number of carboxylic acid groups (broad SMARTS) is 1. The Balaban J connectivity index is 2.30. The third-order valence-corrected chi connectivity index (χ3v) is 4.18. The molecule has 0 aromatic heterocycles. The van der Waals surface area contributed by atoms with E-state index in [1.807, 2.05) is 0 Å². The van der Waals surface area contributed by atoms with Gasteiger partial charge in [-0.2, -0.15) is 0 Å². The number of imide groups is 1. The highest BCUT2D eigenvalue weighted by molar-refractivity contribution is 6.07. The van der Waals surface area contributed by atoms with Gasteiger partial charge < -0.3 is 15.3 Å². The van der Waals surface area contributed by atoms with Gasteiger partial charge in [-0.25, -0.2) is 4.79 Å². The van der Waals surface area contributed by atoms with Gasteiger partial charge >= 0.3 is 12.0 Å². The fourth-order valence-corrected chi connectivity index (χ4v) is 2.69. The molecule has 1 aromatic rings. The number of nitrogens with zero attached hydrogens (tertiary/aromatic N) is 1. The molecule has 25 heavy (non-hydrogen) atoms. The fraction of sp³-hybridized carbons (Fsp3) is 0.412. The summed E-state index contributed by atoms with van der Waals surface area (Å²) in [6, 6.07) is 5.65. The minimum absolute atomic E-state index is 0.0878. The normalized spacial score (nSPS) is 19.5. The van der Waals surface area contributed by atoms with E-state index in [1.54, 1.807) is 45.0 Å². The maximum Gasteiger partial charge on any atom is 0.322 e. The Kier molecular flexibility index (Phi) is 5.10. The first-order valence-corrected chi connectivity index (χ1v) is 7.92. The second-order valence-electron chi connectivity index (χ2n) is 6.35. The van der Waals surface area contributed by atoms with E-state index in [1.165, 1.54) is 4.90 Å². The number of hydrogen-bond donors (Lipinski definition) is 3. The molecule has 0 radical (unpaired) electrons. The third-order valence-electron chi connectivity index (χ3n) is 4.18. The molecule has 1 atom stereocenters. The highest BCUT2D eigenvalue weighted by atomic mass is 16.4. The van der Waals surface area contributed by atoms with Gasteiger partial charge in [0, 0.05) is 18.2 Å². The average molecular weight is 347 g/mol. The summed E-state index contributed by atoms with van der Waals surface area (Å²) in [5.74, 6) is -1.80. The van der Waals surface area contributed by atoms with Gasteiger partial charge in [0.05, 0.1) is 6.42 Å². The van der Waals surface area contributed by atoms with Crippen LogP contribution in [-0.4, -0.2) is 46.4 Å². The summed E-state index contributed by atoms with van der Waals surface area (Å²) in [5.41, 5.74) is -0.452. The molecule has 1 fully saturated rings. The van der Waals surface area contributed by atoms with E-state index < -0.39 is 23.4 Å². The second-order valence-corrected chi connectivity index (χ2v) is 6.35. The van der Waals surface area contributed by atoms with Crippen molar-refractivity contribution in [2.24, 2.45) is 0 Å². The molecule has 8 nitrogen and oxygen atoms in total. The van der Waals surface area contributed by atoms with Crippen LogP contribution in [0.5, 0.6) is 0 Å².